The minimum absolute atomic E-state index is 0.0188. The number of ether oxygens (including phenoxy) is 1. The number of halogens is 2. The van der Waals surface area contributed by atoms with Crippen molar-refractivity contribution in [3.8, 4) is 6.07 Å². The summed E-state index contributed by atoms with van der Waals surface area (Å²) in [5.74, 6) is -2.84. The van der Waals surface area contributed by atoms with Crippen LogP contribution in [0, 0.1) is 23.0 Å². The number of carbonyl (C=O) groups is 2. The summed E-state index contributed by atoms with van der Waals surface area (Å²) in [6.45, 7) is -0.526. The molecule has 0 unspecified atom stereocenters. The maximum atomic E-state index is 13.4. The van der Waals surface area contributed by atoms with Gasteiger partial charge in [-0.05, 0) is 36.4 Å². The van der Waals surface area contributed by atoms with E-state index in [2.05, 4.69) is 5.32 Å². The van der Waals surface area contributed by atoms with Crippen LogP contribution in [0.1, 0.15) is 5.56 Å². The van der Waals surface area contributed by atoms with Crippen LogP contribution in [0.4, 0.5) is 14.5 Å². The van der Waals surface area contributed by atoms with E-state index in [0.717, 1.165) is 30.0 Å². The maximum Gasteiger partial charge on any atom is 0.316 e. The third-order valence-electron chi connectivity index (χ3n) is 2.88. The van der Waals surface area contributed by atoms with Crippen molar-refractivity contribution < 1.29 is 23.1 Å². The highest BCUT2D eigenvalue weighted by Crippen LogP contribution is 2.22. The van der Waals surface area contributed by atoms with E-state index in [1.807, 2.05) is 6.07 Å². The lowest BCUT2D eigenvalue weighted by Crippen LogP contribution is -2.21. The topological polar surface area (TPSA) is 79.2 Å². The summed E-state index contributed by atoms with van der Waals surface area (Å²) in [5.41, 5.74) is 0.777. The second kappa shape index (κ2) is 8.80. The van der Waals surface area contributed by atoms with Gasteiger partial charge in [-0.15, -0.1) is 11.8 Å². The fourth-order valence-electron chi connectivity index (χ4n) is 1.78. The van der Waals surface area contributed by atoms with Crippen LogP contribution >= 0.6 is 11.8 Å². The zero-order chi connectivity index (χ0) is 18.2. The van der Waals surface area contributed by atoms with Gasteiger partial charge in [0.1, 0.15) is 11.6 Å². The molecule has 1 N–H and O–H groups in total. The molecule has 0 aromatic heterocycles. The average Bonchev–Trinajstić information content (AvgIpc) is 2.61. The molecular weight excluding hydrogens is 350 g/mol. The molecule has 1 amide bonds. The Hall–Kier alpha value is -2.92. The highest BCUT2D eigenvalue weighted by molar-refractivity contribution is 8.00. The minimum Gasteiger partial charge on any atom is -0.455 e. The van der Waals surface area contributed by atoms with Gasteiger partial charge < -0.3 is 10.1 Å². The molecule has 0 aliphatic rings. The fourth-order valence-corrected chi connectivity index (χ4v) is 2.53. The van der Waals surface area contributed by atoms with Crippen molar-refractivity contribution in [1.29, 1.82) is 5.26 Å². The van der Waals surface area contributed by atoms with Crippen LogP contribution in [-0.2, 0) is 14.3 Å². The van der Waals surface area contributed by atoms with E-state index in [4.69, 9.17) is 10.00 Å². The Morgan fingerprint density at radius 2 is 2.00 bits per heavy atom. The van der Waals surface area contributed by atoms with Crippen molar-refractivity contribution in [2.45, 2.75) is 4.90 Å². The average molecular weight is 362 g/mol. The van der Waals surface area contributed by atoms with Crippen LogP contribution < -0.4 is 5.32 Å². The number of carbonyl (C=O) groups excluding carboxylic acids is 2. The molecule has 8 heteroatoms. The summed E-state index contributed by atoms with van der Waals surface area (Å²) in [6.07, 6.45) is 0. The van der Waals surface area contributed by atoms with E-state index >= 15 is 0 Å². The van der Waals surface area contributed by atoms with Crippen LogP contribution in [0.2, 0.25) is 0 Å². The Balaban J connectivity index is 1.78. The van der Waals surface area contributed by atoms with Gasteiger partial charge in [0.05, 0.1) is 17.4 Å². The van der Waals surface area contributed by atoms with Crippen LogP contribution in [-0.4, -0.2) is 24.2 Å². The Labute approximate surface area is 146 Å². The number of amides is 1. The first-order valence-corrected chi connectivity index (χ1v) is 8.00. The summed E-state index contributed by atoms with van der Waals surface area (Å²) in [4.78, 5) is 23.3. The van der Waals surface area contributed by atoms with Crippen LogP contribution in [0.15, 0.2) is 47.4 Å². The zero-order valence-electron chi connectivity index (χ0n) is 12.8. The molecule has 128 valence electrons. The number of thioether (sulfide) groups is 1. The van der Waals surface area contributed by atoms with Crippen molar-refractivity contribution in [2.75, 3.05) is 17.7 Å². The summed E-state index contributed by atoms with van der Waals surface area (Å²) in [5, 5.41) is 11.3. The molecule has 0 fully saturated rings. The summed E-state index contributed by atoms with van der Waals surface area (Å²) >= 11 is 0.773. The van der Waals surface area contributed by atoms with Gasteiger partial charge in [0.2, 0.25) is 0 Å². The number of rotatable bonds is 6. The van der Waals surface area contributed by atoms with Crippen LogP contribution in [0.25, 0.3) is 0 Å². The Kier molecular flexibility index (Phi) is 6.48. The predicted molar refractivity (Wildman–Crippen MR) is 87.8 cm³/mol. The monoisotopic (exact) mass is 362 g/mol. The number of nitrogens with one attached hydrogen (secondary N) is 1. The first kappa shape index (κ1) is 18.4. The molecule has 0 heterocycles. The third kappa shape index (κ3) is 5.90. The molecule has 0 saturated heterocycles. The second-order valence-corrected chi connectivity index (χ2v) is 5.78. The first-order chi connectivity index (χ1) is 12.0. The van der Waals surface area contributed by atoms with Gasteiger partial charge in [-0.1, -0.05) is 6.07 Å². The van der Waals surface area contributed by atoms with Crippen LogP contribution in [0.3, 0.4) is 0 Å². The normalized spacial score (nSPS) is 9.96. The van der Waals surface area contributed by atoms with Crippen molar-refractivity contribution in [2.24, 2.45) is 0 Å². The predicted octanol–water partition coefficient (Wildman–Crippen LogP) is 3.11. The Morgan fingerprint density at radius 1 is 1.20 bits per heavy atom. The molecule has 0 spiro atoms. The summed E-state index contributed by atoms with van der Waals surface area (Å²) in [6, 6.07) is 11.1. The molecule has 0 aliphatic heterocycles. The van der Waals surface area contributed by atoms with Gasteiger partial charge in [0, 0.05) is 10.6 Å². The molecule has 0 atom stereocenters. The molecule has 0 radical (unpaired) electrons. The van der Waals surface area contributed by atoms with E-state index < -0.39 is 30.1 Å². The lowest BCUT2D eigenvalue weighted by atomic mass is 10.2. The molecule has 25 heavy (non-hydrogen) atoms. The number of anilines is 1. The van der Waals surface area contributed by atoms with E-state index in [-0.39, 0.29) is 10.6 Å². The lowest BCUT2D eigenvalue weighted by Gasteiger charge is -2.07. The molecule has 5 nitrogen and oxygen atoms in total. The molecular formula is C17H12F2N2O3S. The Bertz CT molecular complexity index is 837. The van der Waals surface area contributed by atoms with E-state index in [0.29, 0.717) is 11.3 Å². The van der Waals surface area contributed by atoms with Gasteiger partial charge in [-0.2, -0.15) is 5.26 Å². The van der Waals surface area contributed by atoms with Crippen molar-refractivity contribution in [3.63, 3.8) is 0 Å². The molecule has 0 aliphatic carbocycles. The standard InChI is InChI=1S/C17H12F2N2O3S/c18-12-4-5-14(19)15(7-12)25-10-17(23)24-9-16(22)21-13-3-1-2-11(6-13)8-20/h1-7H,9-10H2,(H,21,22). The maximum absolute atomic E-state index is 13.4. The highest BCUT2D eigenvalue weighted by Gasteiger charge is 2.11. The summed E-state index contributed by atoms with van der Waals surface area (Å²) in [7, 11) is 0. The number of hydrogen-bond acceptors (Lipinski definition) is 5. The zero-order valence-corrected chi connectivity index (χ0v) is 13.6. The highest BCUT2D eigenvalue weighted by atomic mass is 32.2. The number of nitriles is 1. The van der Waals surface area contributed by atoms with Gasteiger partial charge in [0.15, 0.2) is 6.61 Å². The molecule has 0 bridgehead atoms. The van der Waals surface area contributed by atoms with Gasteiger partial charge in [-0.25, -0.2) is 8.78 Å². The number of hydrogen-bond donors (Lipinski definition) is 1. The van der Waals surface area contributed by atoms with Gasteiger partial charge in [0.25, 0.3) is 5.91 Å². The van der Waals surface area contributed by atoms with E-state index in [1.165, 1.54) is 6.07 Å². The molecule has 0 saturated carbocycles. The number of nitrogens with zero attached hydrogens (tertiary/aromatic N) is 1. The lowest BCUT2D eigenvalue weighted by molar-refractivity contribution is -0.144. The number of esters is 1. The smallest absolute Gasteiger partial charge is 0.316 e. The first-order valence-electron chi connectivity index (χ1n) is 7.01. The van der Waals surface area contributed by atoms with Crippen molar-refractivity contribution in [1.82, 2.24) is 0 Å². The molecule has 2 rings (SSSR count). The summed E-state index contributed by atoms with van der Waals surface area (Å²) < 4.78 is 31.2. The van der Waals surface area contributed by atoms with Crippen molar-refractivity contribution >= 4 is 29.3 Å². The minimum atomic E-state index is -0.741. The van der Waals surface area contributed by atoms with E-state index in [9.17, 15) is 18.4 Å². The van der Waals surface area contributed by atoms with Crippen molar-refractivity contribution in [3.05, 3.63) is 59.7 Å². The van der Waals surface area contributed by atoms with Gasteiger partial charge in [-0.3, -0.25) is 9.59 Å². The SMILES string of the molecule is N#Cc1cccc(NC(=O)COC(=O)CSc2cc(F)ccc2F)c1. The van der Waals surface area contributed by atoms with Crippen LogP contribution in [0.5, 0.6) is 0 Å². The van der Waals surface area contributed by atoms with E-state index in [1.54, 1.807) is 18.2 Å². The third-order valence-corrected chi connectivity index (χ3v) is 3.88. The second-order valence-electron chi connectivity index (χ2n) is 4.76. The number of benzene rings is 2. The molecule has 2 aromatic rings. The fraction of sp³-hybridized carbons (Fsp3) is 0.118. The molecule has 2 aromatic carbocycles. The largest absolute Gasteiger partial charge is 0.455 e. The quantitative estimate of drug-likeness (QED) is 0.631. The van der Waals surface area contributed by atoms with Gasteiger partial charge >= 0.3 is 5.97 Å². The Morgan fingerprint density at radius 3 is 2.76 bits per heavy atom.